The SMILES string of the molecule is CCn1c(CC(=O)Nc2ccccc2C)nnc1SCC(=O)Nc1ccc(N2CCOCC2)cc1. The van der Waals surface area contributed by atoms with Gasteiger partial charge in [0.05, 0.1) is 25.4 Å². The van der Waals surface area contributed by atoms with Crippen molar-refractivity contribution in [1.82, 2.24) is 14.8 Å². The van der Waals surface area contributed by atoms with Crippen LogP contribution in [0.15, 0.2) is 53.7 Å². The minimum absolute atomic E-state index is 0.109. The van der Waals surface area contributed by atoms with Gasteiger partial charge in [0.25, 0.3) is 0 Å². The highest BCUT2D eigenvalue weighted by Gasteiger charge is 2.17. The maximum atomic E-state index is 12.5. The summed E-state index contributed by atoms with van der Waals surface area (Å²) in [5.41, 5.74) is 3.65. The first kappa shape index (κ1) is 24.7. The van der Waals surface area contributed by atoms with E-state index in [1.54, 1.807) is 0 Å². The smallest absolute Gasteiger partial charge is 0.234 e. The molecule has 2 aromatic carbocycles. The van der Waals surface area contributed by atoms with Crippen LogP contribution in [0.3, 0.4) is 0 Å². The molecule has 2 heterocycles. The van der Waals surface area contributed by atoms with E-state index in [-0.39, 0.29) is 24.0 Å². The van der Waals surface area contributed by atoms with Gasteiger partial charge in [-0.1, -0.05) is 30.0 Å². The van der Waals surface area contributed by atoms with Crippen molar-refractivity contribution in [2.75, 3.05) is 47.6 Å². The summed E-state index contributed by atoms with van der Waals surface area (Å²) < 4.78 is 7.26. The van der Waals surface area contributed by atoms with Gasteiger partial charge in [0, 0.05) is 36.7 Å². The third kappa shape index (κ3) is 6.61. The second-order valence-electron chi connectivity index (χ2n) is 8.17. The van der Waals surface area contributed by atoms with Crippen LogP contribution in [0.5, 0.6) is 0 Å². The number of ether oxygens (including phenoxy) is 1. The molecule has 0 saturated carbocycles. The van der Waals surface area contributed by atoms with Gasteiger partial charge >= 0.3 is 0 Å². The predicted octanol–water partition coefficient (Wildman–Crippen LogP) is 3.36. The molecule has 2 N–H and O–H groups in total. The van der Waals surface area contributed by atoms with Crippen molar-refractivity contribution < 1.29 is 14.3 Å². The van der Waals surface area contributed by atoms with Crippen LogP contribution in [0.4, 0.5) is 17.1 Å². The predicted molar refractivity (Wildman–Crippen MR) is 138 cm³/mol. The first-order valence-electron chi connectivity index (χ1n) is 11.7. The molecule has 0 radical (unpaired) electrons. The molecule has 1 aliphatic heterocycles. The van der Waals surface area contributed by atoms with Crippen LogP contribution in [0, 0.1) is 6.92 Å². The van der Waals surface area contributed by atoms with E-state index in [4.69, 9.17) is 4.74 Å². The quantitative estimate of drug-likeness (QED) is 0.440. The standard InChI is InChI=1S/C25H30N6O3S/c1-3-31-22(16-23(32)27-21-7-5-4-6-18(21)2)28-29-25(31)35-17-24(33)26-19-8-10-20(11-9-19)30-12-14-34-15-13-30/h4-11H,3,12-17H2,1-2H3,(H,26,33)(H,27,32). The molecule has 0 aliphatic carbocycles. The van der Waals surface area contributed by atoms with Gasteiger partial charge in [-0.15, -0.1) is 10.2 Å². The Kier molecular flexibility index (Phi) is 8.38. The summed E-state index contributed by atoms with van der Waals surface area (Å²) >= 11 is 1.30. The highest BCUT2D eigenvalue weighted by molar-refractivity contribution is 7.99. The molecule has 3 aromatic rings. The Morgan fingerprint density at radius 3 is 2.46 bits per heavy atom. The van der Waals surface area contributed by atoms with Gasteiger partial charge in [0.2, 0.25) is 11.8 Å². The molecule has 1 saturated heterocycles. The van der Waals surface area contributed by atoms with Crippen LogP contribution in [-0.2, 0) is 27.3 Å². The molecule has 184 valence electrons. The maximum absolute atomic E-state index is 12.5. The summed E-state index contributed by atoms with van der Waals surface area (Å²) in [5.74, 6) is 0.480. The third-order valence-electron chi connectivity index (χ3n) is 5.71. The number of morpholine rings is 1. The van der Waals surface area contributed by atoms with E-state index >= 15 is 0 Å². The van der Waals surface area contributed by atoms with Crippen LogP contribution in [0.2, 0.25) is 0 Å². The Labute approximate surface area is 209 Å². The number of amides is 2. The lowest BCUT2D eigenvalue weighted by Gasteiger charge is -2.28. The van der Waals surface area contributed by atoms with E-state index in [0.29, 0.717) is 17.5 Å². The van der Waals surface area contributed by atoms with Gasteiger partial charge in [-0.05, 0) is 49.7 Å². The van der Waals surface area contributed by atoms with E-state index in [2.05, 4.69) is 25.7 Å². The summed E-state index contributed by atoms with van der Waals surface area (Å²) in [7, 11) is 0. The summed E-state index contributed by atoms with van der Waals surface area (Å²) in [6.07, 6.45) is 0.109. The maximum Gasteiger partial charge on any atom is 0.234 e. The van der Waals surface area contributed by atoms with Gasteiger partial charge in [-0.3, -0.25) is 9.59 Å². The van der Waals surface area contributed by atoms with Crippen molar-refractivity contribution in [2.24, 2.45) is 0 Å². The number of nitrogens with one attached hydrogen (secondary N) is 2. The van der Waals surface area contributed by atoms with Gasteiger partial charge in [0.1, 0.15) is 5.82 Å². The summed E-state index contributed by atoms with van der Waals surface area (Å²) in [5, 5.41) is 14.9. The third-order valence-corrected chi connectivity index (χ3v) is 6.67. The van der Waals surface area contributed by atoms with E-state index < -0.39 is 0 Å². The van der Waals surface area contributed by atoms with Crippen LogP contribution < -0.4 is 15.5 Å². The fourth-order valence-electron chi connectivity index (χ4n) is 3.83. The van der Waals surface area contributed by atoms with Gasteiger partial charge in [-0.25, -0.2) is 0 Å². The zero-order valence-corrected chi connectivity index (χ0v) is 20.8. The van der Waals surface area contributed by atoms with Crippen molar-refractivity contribution in [3.05, 3.63) is 59.9 Å². The summed E-state index contributed by atoms with van der Waals surface area (Å²) in [6, 6.07) is 15.5. The number of benzene rings is 2. The molecular weight excluding hydrogens is 464 g/mol. The summed E-state index contributed by atoms with van der Waals surface area (Å²) in [6.45, 7) is 7.72. The molecule has 9 nitrogen and oxygen atoms in total. The number of carbonyl (C=O) groups is 2. The fraction of sp³-hybridized carbons (Fsp3) is 0.360. The van der Waals surface area contributed by atoms with Crippen LogP contribution >= 0.6 is 11.8 Å². The van der Waals surface area contributed by atoms with Crippen LogP contribution in [0.25, 0.3) is 0 Å². The zero-order chi connectivity index (χ0) is 24.6. The van der Waals surface area contributed by atoms with E-state index in [1.165, 1.54) is 11.8 Å². The number of aryl methyl sites for hydroxylation is 1. The number of rotatable bonds is 9. The molecular formula is C25H30N6O3S. The molecule has 10 heteroatoms. The monoisotopic (exact) mass is 494 g/mol. The average molecular weight is 495 g/mol. The lowest BCUT2D eigenvalue weighted by molar-refractivity contribution is -0.116. The number of hydrogen-bond acceptors (Lipinski definition) is 7. The number of hydrogen-bond donors (Lipinski definition) is 2. The van der Waals surface area contributed by atoms with E-state index in [0.717, 1.165) is 48.9 Å². The number of aromatic nitrogens is 3. The highest BCUT2D eigenvalue weighted by Crippen LogP contribution is 2.21. The average Bonchev–Trinajstić information content (AvgIpc) is 3.26. The molecule has 2 amide bonds. The fourth-order valence-corrected chi connectivity index (χ4v) is 4.65. The molecule has 4 rings (SSSR count). The topological polar surface area (TPSA) is 101 Å². The number of anilines is 3. The normalized spacial score (nSPS) is 13.5. The Balaban J connectivity index is 1.29. The highest BCUT2D eigenvalue weighted by atomic mass is 32.2. The Hall–Kier alpha value is -3.37. The number of nitrogens with zero attached hydrogens (tertiary/aromatic N) is 4. The van der Waals surface area contributed by atoms with Crippen molar-refractivity contribution in [2.45, 2.75) is 32.0 Å². The molecule has 0 atom stereocenters. The van der Waals surface area contributed by atoms with Crippen molar-refractivity contribution in [1.29, 1.82) is 0 Å². The molecule has 0 unspecified atom stereocenters. The van der Waals surface area contributed by atoms with Crippen molar-refractivity contribution in [3.8, 4) is 0 Å². The lowest BCUT2D eigenvalue weighted by Crippen LogP contribution is -2.36. The Morgan fingerprint density at radius 2 is 1.74 bits per heavy atom. The zero-order valence-electron chi connectivity index (χ0n) is 20.0. The molecule has 1 fully saturated rings. The molecule has 0 bridgehead atoms. The first-order valence-corrected chi connectivity index (χ1v) is 12.6. The van der Waals surface area contributed by atoms with E-state index in [1.807, 2.05) is 66.9 Å². The van der Waals surface area contributed by atoms with Crippen LogP contribution in [0.1, 0.15) is 18.3 Å². The molecule has 1 aliphatic rings. The second-order valence-corrected chi connectivity index (χ2v) is 9.11. The van der Waals surface area contributed by atoms with Crippen molar-refractivity contribution in [3.63, 3.8) is 0 Å². The largest absolute Gasteiger partial charge is 0.378 e. The lowest BCUT2D eigenvalue weighted by atomic mass is 10.2. The Morgan fingerprint density at radius 1 is 1.00 bits per heavy atom. The van der Waals surface area contributed by atoms with Gasteiger partial charge in [-0.2, -0.15) is 0 Å². The minimum atomic E-state index is -0.156. The first-order chi connectivity index (χ1) is 17.0. The molecule has 35 heavy (non-hydrogen) atoms. The van der Waals surface area contributed by atoms with Gasteiger partial charge in [0.15, 0.2) is 5.16 Å². The van der Waals surface area contributed by atoms with Gasteiger partial charge < -0.3 is 24.8 Å². The van der Waals surface area contributed by atoms with E-state index in [9.17, 15) is 9.59 Å². The Bertz CT molecular complexity index is 1160. The molecule has 0 spiro atoms. The summed E-state index contributed by atoms with van der Waals surface area (Å²) in [4.78, 5) is 27.3. The minimum Gasteiger partial charge on any atom is -0.378 e. The number of thioether (sulfide) groups is 1. The van der Waals surface area contributed by atoms with Crippen molar-refractivity contribution >= 4 is 40.6 Å². The molecule has 1 aromatic heterocycles. The number of para-hydroxylation sites is 1. The van der Waals surface area contributed by atoms with Crippen LogP contribution in [-0.4, -0.2) is 58.6 Å². The second kappa shape index (κ2) is 11.9. The number of carbonyl (C=O) groups excluding carboxylic acids is 2.